The summed E-state index contributed by atoms with van der Waals surface area (Å²) in [6, 6.07) is 7.58. The Morgan fingerprint density at radius 3 is 2.54 bits per heavy atom. The van der Waals surface area contributed by atoms with Crippen LogP contribution in [0.5, 0.6) is 0 Å². The van der Waals surface area contributed by atoms with E-state index in [2.05, 4.69) is 17.9 Å². The lowest BCUT2D eigenvalue weighted by atomic mass is 9.91. The summed E-state index contributed by atoms with van der Waals surface area (Å²) in [5, 5.41) is 3.52. The first kappa shape index (κ1) is 14.9. The average molecular weight is 340 g/mol. The maximum Gasteiger partial charge on any atom is 0.262 e. The molecule has 4 rings (SSSR count). The summed E-state index contributed by atoms with van der Waals surface area (Å²) < 4.78 is 0. The molecule has 24 heavy (non-hydrogen) atoms. The van der Waals surface area contributed by atoms with Gasteiger partial charge in [0.2, 0.25) is 11.8 Å². The quantitative estimate of drug-likeness (QED) is 0.609. The largest absolute Gasteiger partial charge is 0.295 e. The molecule has 120 valence electrons. The Bertz CT molecular complexity index is 953. The molecule has 0 radical (unpaired) electrons. The van der Waals surface area contributed by atoms with Crippen LogP contribution in [0.25, 0.3) is 10.8 Å². The molecule has 2 aromatic carbocycles. The first-order chi connectivity index (χ1) is 11.5. The van der Waals surface area contributed by atoms with Gasteiger partial charge in [-0.2, -0.15) is 0 Å². The highest BCUT2D eigenvalue weighted by atomic mass is 32.1. The van der Waals surface area contributed by atoms with Crippen LogP contribution in [-0.4, -0.2) is 34.6 Å². The summed E-state index contributed by atoms with van der Waals surface area (Å²) in [5.74, 6) is -2.06. The molecule has 1 unspecified atom stereocenters. The van der Waals surface area contributed by atoms with Crippen LogP contribution < -0.4 is 5.32 Å². The van der Waals surface area contributed by atoms with Gasteiger partial charge in [-0.15, -0.1) is 12.6 Å². The number of carbonyl (C=O) groups excluding carboxylic acids is 4. The van der Waals surface area contributed by atoms with Crippen LogP contribution in [0, 0.1) is 0 Å². The molecular weight excluding hydrogens is 328 g/mol. The molecule has 0 saturated carbocycles. The highest BCUT2D eigenvalue weighted by Crippen LogP contribution is 2.33. The third-order valence-electron chi connectivity index (χ3n) is 4.38. The molecule has 7 heteroatoms. The van der Waals surface area contributed by atoms with Gasteiger partial charge in [-0.05, 0) is 30.0 Å². The minimum atomic E-state index is -0.977. The summed E-state index contributed by atoms with van der Waals surface area (Å²) in [5.41, 5.74) is 0.720. The zero-order chi connectivity index (χ0) is 17.0. The second-order valence-corrected chi connectivity index (χ2v) is 6.36. The Kier molecular flexibility index (Phi) is 3.21. The lowest BCUT2D eigenvalue weighted by molar-refractivity contribution is -0.136. The lowest BCUT2D eigenvalue weighted by Crippen LogP contribution is -2.57. The summed E-state index contributed by atoms with van der Waals surface area (Å²) in [4.78, 5) is 50.8. The molecule has 4 amide bonds. The van der Waals surface area contributed by atoms with Gasteiger partial charge in [-0.1, -0.05) is 12.1 Å². The number of benzene rings is 2. The zero-order valence-corrected chi connectivity index (χ0v) is 13.3. The highest BCUT2D eigenvalue weighted by molar-refractivity contribution is 7.80. The minimum absolute atomic E-state index is 0.0944. The standard InChI is InChI=1S/C17H12N2O4S/c20-13-5-4-12(15(21)18-13)19-16(22)10-3-1-2-8-6-9(24)7-11(14(8)10)17(19)23/h1-3,6-7,12,24H,4-5H2,(H,18,20,21). The van der Waals surface area contributed by atoms with Gasteiger partial charge >= 0.3 is 0 Å². The number of thiol groups is 1. The Balaban J connectivity index is 1.89. The van der Waals surface area contributed by atoms with E-state index in [1.165, 1.54) is 0 Å². The van der Waals surface area contributed by atoms with E-state index >= 15 is 0 Å². The molecule has 1 saturated heterocycles. The predicted octanol–water partition coefficient (Wildman–Crippen LogP) is 1.53. The average Bonchev–Trinajstić information content (AvgIpc) is 2.54. The molecule has 1 atom stereocenters. The van der Waals surface area contributed by atoms with Crippen molar-refractivity contribution in [2.45, 2.75) is 23.8 Å². The van der Waals surface area contributed by atoms with Gasteiger partial charge in [0.15, 0.2) is 0 Å². The Hall–Kier alpha value is -2.67. The molecule has 2 aliphatic rings. The van der Waals surface area contributed by atoms with Gasteiger partial charge in [0.25, 0.3) is 11.8 Å². The minimum Gasteiger partial charge on any atom is -0.295 e. The Labute approximate surface area is 142 Å². The molecule has 6 nitrogen and oxygen atoms in total. The molecule has 0 aromatic heterocycles. The van der Waals surface area contributed by atoms with Crippen LogP contribution in [0.1, 0.15) is 33.6 Å². The summed E-state index contributed by atoms with van der Waals surface area (Å²) in [6.45, 7) is 0. The third-order valence-corrected chi connectivity index (χ3v) is 4.64. The monoisotopic (exact) mass is 340 g/mol. The van der Waals surface area contributed by atoms with Crippen LogP contribution >= 0.6 is 12.6 Å². The topological polar surface area (TPSA) is 83.6 Å². The van der Waals surface area contributed by atoms with E-state index in [0.29, 0.717) is 21.4 Å². The van der Waals surface area contributed by atoms with E-state index in [-0.39, 0.29) is 12.8 Å². The highest BCUT2D eigenvalue weighted by Gasteiger charge is 2.42. The van der Waals surface area contributed by atoms with E-state index in [1.807, 2.05) is 6.07 Å². The summed E-state index contributed by atoms with van der Waals surface area (Å²) in [7, 11) is 0. The Morgan fingerprint density at radius 1 is 1.04 bits per heavy atom. The van der Waals surface area contributed by atoms with Crippen molar-refractivity contribution in [2.75, 3.05) is 0 Å². The SMILES string of the molecule is O=C1CCC(N2C(=O)c3cccc4cc(S)cc(c34)C2=O)C(=O)N1. The third kappa shape index (κ3) is 2.05. The van der Waals surface area contributed by atoms with Gasteiger partial charge in [0.1, 0.15) is 6.04 Å². The van der Waals surface area contributed by atoms with Gasteiger partial charge in [-0.3, -0.25) is 29.4 Å². The van der Waals surface area contributed by atoms with Crippen LogP contribution in [-0.2, 0) is 9.59 Å². The number of hydrogen-bond donors (Lipinski definition) is 2. The normalized spacial score (nSPS) is 20.5. The number of nitrogens with one attached hydrogen (secondary N) is 1. The van der Waals surface area contributed by atoms with Gasteiger partial charge in [0, 0.05) is 27.8 Å². The fraction of sp³-hybridized carbons (Fsp3) is 0.176. The van der Waals surface area contributed by atoms with Crippen LogP contribution in [0.15, 0.2) is 35.2 Å². The van der Waals surface area contributed by atoms with Gasteiger partial charge in [0.05, 0.1) is 0 Å². The molecular formula is C17H12N2O4S. The second-order valence-electron chi connectivity index (χ2n) is 5.84. The number of amides is 4. The number of carbonyl (C=O) groups is 4. The van der Waals surface area contributed by atoms with Crippen molar-refractivity contribution in [3.63, 3.8) is 0 Å². The van der Waals surface area contributed by atoms with E-state index < -0.39 is 29.7 Å². The van der Waals surface area contributed by atoms with Crippen molar-refractivity contribution >= 4 is 47.0 Å². The van der Waals surface area contributed by atoms with Crippen molar-refractivity contribution in [2.24, 2.45) is 0 Å². The first-order valence-electron chi connectivity index (χ1n) is 7.44. The smallest absolute Gasteiger partial charge is 0.262 e. The van der Waals surface area contributed by atoms with Gasteiger partial charge in [-0.25, -0.2) is 0 Å². The van der Waals surface area contributed by atoms with Crippen molar-refractivity contribution in [3.05, 3.63) is 41.5 Å². The van der Waals surface area contributed by atoms with Crippen molar-refractivity contribution < 1.29 is 19.2 Å². The zero-order valence-electron chi connectivity index (χ0n) is 12.4. The van der Waals surface area contributed by atoms with Crippen LogP contribution in [0.4, 0.5) is 0 Å². The maximum atomic E-state index is 12.9. The number of nitrogens with zero attached hydrogens (tertiary/aromatic N) is 1. The molecule has 0 spiro atoms. The number of rotatable bonds is 1. The molecule has 1 N–H and O–H groups in total. The number of imide groups is 2. The van der Waals surface area contributed by atoms with Crippen molar-refractivity contribution in [1.29, 1.82) is 0 Å². The maximum absolute atomic E-state index is 12.9. The van der Waals surface area contributed by atoms with E-state index in [9.17, 15) is 19.2 Å². The van der Waals surface area contributed by atoms with E-state index in [4.69, 9.17) is 0 Å². The number of hydrogen-bond acceptors (Lipinski definition) is 5. The molecule has 1 fully saturated rings. The van der Waals surface area contributed by atoms with Crippen LogP contribution in [0.2, 0.25) is 0 Å². The second kappa shape index (κ2) is 5.17. The lowest BCUT2D eigenvalue weighted by Gasteiger charge is -2.34. The number of piperidine rings is 1. The molecule has 0 bridgehead atoms. The van der Waals surface area contributed by atoms with Crippen molar-refractivity contribution in [3.8, 4) is 0 Å². The first-order valence-corrected chi connectivity index (χ1v) is 7.89. The fourth-order valence-corrected chi connectivity index (χ4v) is 3.59. The predicted molar refractivity (Wildman–Crippen MR) is 87.9 cm³/mol. The van der Waals surface area contributed by atoms with Gasteiger partial charge < -0.3 is 0 Å². The fourth-order valence-electron chi connectivity index (χ4n) is 3.32. The molecule has 2 aromatic rings. The van der Waals surface area contributed by atoms with E-state index in [0.717, 1.165) is 10.3 Å². The van der Waals surface area contributed by atoms with Crippen LogP contribution in [0.3, 0.4) is 0 Å². The van der Waals surface area contributed by atoms with Crippen molar-refractivity contribution in [1.82, 2.24) is 10.2 Å². The molecule has 2 heterocycles. The Morgan fingerprint density at radius 2 is 1.79 bits per heavy atom. The molecule has 2 aliphatic heterocycles. The van der Waals surface area contributed by atoms with E-state index in [1.54, 1.807) is 24.3 Å². The summed E-state index contributed by atoms with van der Waals surface area (Å²) in [6.07, 6.45) is 0.227. The molecule has 0 aliphatic carbocycles. The summed E-state index contributed by atoms with van der Waals surface area (Å²) >= 11 is 4.31.